The van der Waals surface area contributed by atoms with Gasteiger partial charge in [0.15, 0.2) is 6.10 Å². The standard InChI is InChI=1S/C61H102O6/c1-4-7-10-13-16-19-22-25-27-29-31-33-36-39-42-45-48-51-54-60(63)66-57-58(56-65-59(62)53-50-47-44-41-38-35-24-21-18-15-12-9-6-3)67-61(64)55-52-49-46-43-40-37-34-32-30-28-26-23-20-17-14-11-8-5-2/h9-10,12-13,15-16,18-19,21-22,24-25,27,29,31,33,58H,4-8,11,14,17,20,23,26,28,30,32,34-57H2,1-3H3/b12-9-,13-10-,18-15-,19-16-,24-21-,25-22-,29-27-,33-31-. The van der Waals surface area contributed by atoms with Gasteiger partial charge in [0.25, 0.3) is 0 Å². The van der Waals surface area contributed by atoms with Crippen molar-refractivity contribution < 1.29 is 28.6 Å². The summed E-state index contributed by atoms with van der Waals surface area (Å²) in [5.41, 5.74) is 0. The van der Waals surface area contributed by atoms with E-state index in [1.165, 1.54) is 103 Å². The summed E-state index contributed by atoms with van der Waals surface area (Å²) < 4.78 is 16.8. The fourth-order valence-electron chi connectivity index (χ4n) is 7.59. The van der Waals surface area contributed by atoms with Crippen molar-refractivity contribution in [2.24, 2.45) is 0 Å². The van der Waals surface area contributed by atoms with Gasteiger partial charge >= 0.3 is 17.9 Å². The first-order valence-corrected chi connectivity index (χ1v) is 27.8. The monoisotopic (exact) mass is 931 g/mol. The van der Waals surface area contributed by atoms with Crippen LogP contribution in [0.3, 0.4) is 0 Å². The Hall–Kier alpha value is -3.67. The lowest BCUT2D eigenvalue weighted by atomic mass is 10.0. The Morgan fingerprint density at radius 3 is 0.970 bits per heavy atom. The van der Waals surface area contributed by atoms with E-state index in [2.05, 4.69) is 93.7 Å². The topological polar surface area (TPSA) is 78.9 Å². The maximum atomic E-state index is 12.8. The highest BCUT2D eigenvalue weighted by molar-refractivity contribution is 5.71. The van der Waals surface area contributed by atoms with E-state index in [1.54, 1.807) is 0 Å². The van der Waals surface area contributed by atoms with Crippen molar-refractivity contribution in [2.45, 2.75) is 258 Å². The Morgan fingerprint density at radius 2 is 0.612 bits per heavy atom. The summed E-state index contributed by atoms with van der Waals surface area (Å²) in [6.45, 7) is 6.39. The van der Waals surface area contributed by atoms with Crippen LogP contribution in [-0.2, 0) is 28.6 Å². The summed E-state index contributed by atoms with van der Waals surface area (Å²) in [7, 11) is 0. The first-order chi connectivity index (χ1) is 33.0. The van der Waals surface area contributed by atoms with Crippen molar-refractivity contribution in [1.82, 2.24) is 0 Å². The Kier molecular flexibility index (Phi) is 51.9. The van der Waals surface area contributed by atoms with Crippen molar-refractivity contribution in [2.75, 3.05) is 13.2 Å². The molecule has 0 fully saturated rings. The first kappa shape index (κ1) is 63.3. The molecule has 0 aromatic heterocycles. The molecule has 0 amide bonds. The van der Waals surface area contributed by atoms with E-state index in [0.29, 0.717) is 19.3 Å². The molecule has 67 heavy (non-hydrogen) atoms. The highest BCUT2D eigenvalue weighted by Gasteiger charge is 2.19. The molecule has 0 heterocycles. The van der Waals surface area contributed by atoms with Gasteiger partial charge in [-0.05, 0) is 57.8 Å². The number of allylic oxidation sites excluding steroid dienone is 16. The van der Waals surface area contributed by atoms with E-state index in [4.69, 9.17) is 14.2 Å². The zero-order valence-corrected chi connectivity index (χ0v) is 43.6. The largest absolute Gasteiger partial charge is 0.462 e. The summed E-state index contributed by atoms with van der Waals surface area (Å²) >= 11 is 0. The van der Waals surface area contributed by atoms with E-state index in [1.807, 2.05) is 24.3 Å². The van der Waals surface area contributed by atoms with Crippen molar-refractivity contribution in [3.05, 3.63) is 97.2 Å². The Labute approximate surface area is 413 Å². The summed E-state index contributed by atoms with van der Waals surface area (Å²) in [5.74, 6) is -0.935. The fourth-order valence-corrected chi connectivity index (χ4v) is 7.59. The third kappa shape index (κ3) is 53.2. The number of unbranched alkanes of at least 4 members (excludes halogenated alkanes) is 28. The minimum Gasteiger partial charge on any atom is -0.462 e. The van der Waals surface area contributed by atoms with Gasteiger partial charge in [0.1, 0.15) is 13.2 Å². The second-order valence-corrected chi connectivity index (χ2v) is 18.3. The molecule has 0 saturated heterocycles. The van der Waals surface area contributed by atoms with Crippen LogP contribution in [0.4, 0.5) is 0 Å². The lowest BCUT2D eigenvalue weighted by Crippen LogP contribution is -2.30. The quantitative estimate of drug-likeness (QED) is 0.0262. The van der Waals surface area contributed by atoms with Crippen LogP contribution in [0.1, 0.15) is 252 Å². The van der Waals surface area contributed by atoms with Gasteiger partial charge in [0.2, 0.25) is 0 Å². The average Bonchev–Trinajstić information content (AvgIpc) is 3.33. The van der Waals surface area contributed by atoms with E-state index in [-0.39, 0.29) is 31.1 Å². The molecule has 0 aliphatic rings. The Bertz CT molecular complexity index is 1350. The Morgan fingerprint density at radius 1 is 0.313 bits per heavy atom. The van der Waals surface area contributed by atoms with E-state index in [9.17, 15) is 14.4 Å². The molecule has 6 heteroatoms. The lowest BCUT2D eigenvalue weighted by molar-refractivity contribution is -0.167. The van der Waals surface area contributed by atoms with Crippen LogP contribution in [0.2, 0.25) is 0 Å². The molecule has 0 saturated carbocycles. The normalized spacial score (nSPS) is 12.8. The van der Waals surface area contributed by atoms with E-state index >= 15 is 0 Å². The van der Waals surface area contributed by atoms with Gasteiger partial charge < -0.3 is 14.2 Å². The second kappa shape index (κ2) is 54.9. The lowest BCUT2D eigenvalue weighted by Gasteiger charge is -2.18. The third-order valence-electron chi connectivity index (χ3n) is 11.7. The van der Waals surface area contributed by atoms with Crippen LogP contribution in [-0.4, -0.2) is 37.2 Å². The highest BCUT2D eigenvalue weighted by Crippen LogP contribution is 2.16. The SMILES string of the molecule is CC\C=C/C=C\C=C/CCCCCCCC(=O)OCC(COC(=O)CCCCCCC\C=C/C=C\C=C/C=C\C=C/CCC)OC(=O)CCCCCCCCCCCCCCCCCCCC. The van der Waals surface area contributed by atoms with Crippen LogP contribution in [0, 0.1) is 0 Å². The number of rotatable bonds is 49. The molecule has 0 aromatic carbocycles. The maximum absolute atomic E-state index is 12.8. The van der Waals surface area contributed by atoms with Gasteiger partial charge in [-0.3, -0.25) is 14.4 Å². The second-order valence-electron chi connectivity index (χ2n) is 18.3. The fraction of sp³-hybridized carbons (Fsp3) is 0.689. The molecule has 1 unspecified atom stereocenters. The number of hydrogen-bond donors (Lipinski definition) is 0. The molecular weight excluding hydrogens is 829 g/mol. The van der Waals surface area contributed by atoms with Crippen LogP contribution in [0.15, 0.2) is 97.2 Å². The van der Waals surface area contributed by atoms with Crippen molar-refractivity contribution in [3.63, 3.8) is 0 Å². The molecule has 0 spiro atoms. The molecule has 1 atom stereocenters. The molecule has 0 bridgehead atoms. The number of esters is 3. The van der Waals surface area contributed by atoms with Gasteiger partial charge in [-0.25, -0.2) is 0 Å². The summed E-state index contributed by atoms with van der Waals surface area (Å²) in [4.78, 5) is 38.1. The molecule has 0 aromatic rings. The van der Waals surface area contributed by atoms with Gasteiger partial charge in [-0.2, -0.15) is 0 Å². The van der Waals surface area contributed by atoms with E-state index in [0.717, 1.165) is 109 Å². The minimum atomic E-state index is -0.796. The van der Waals surface area contributed by atoms with Crippen LogP contribution >= 0.6 is 0 Å². The maximum Gasteiger partial charge on any atom is 0.306 e. The number of carbonyl (C=O) groups excluding carboxylic acids is 3. The smallest absolute Gasteiger partial charge is 0.306 e. The molecule has 0 N–H and O–H groups in total. The first-order valence-electron chi connectivity index (χ1n) is 27.8. The van der Waals surface area contributed by atoms with Gasteiger partial charge in [-0.15, -0.1) is 0 Å². The average molecular weight is 931 g/mol. The Balaban J connectivity index is 4.44. The van der Waals surface area contributed by atoms with Crippen LogP contribution < -0.4 is 0 Å². The molecule has 382 valence electrons. The minimum absolute atomic E-state index is 0.0959. The van der Waals surface area contributed by atoms with Gasteiger partial charge in [0.05, 0.1) is 0 Å². The third-order valence-corrected chi connectivity index (χ3v) is 11.7. The van der Waals surface area contributed by atoms with E-state index < -0.39 is 6.10 Å². The number of hydrogen-bond acceptors (Lipinski definition) is 6. The van der Waals surface area contributed by atoms with Crippen molar-refractivity contribution in [1.29, 1.82) is 0 Å². The molecule has 0 aliphatic carbocycles. The molecular formula is C61H102O6. The highest BCUT2D eigenvalue weighted by atomic mass is 16.6. The molecule has 6 nitrogen and oxygen atoms in total. The van der Waals surface area contributed by atoms with Gasteiger partial charge in [-0.1, -0.05) is 272 Å². The van der Waals surface area contributed by atoms with Crippen molar-refractivity contribution in [3.8, 4) is 0 Å². The summed E-state index contributed by atoms with van der Waals surface area (Å²) in [6, 6.07) is 0. The molecule has 0 radical (unpaired) electrons. The van der Waals surface area contributed by atoms with Crippen molar-refractivity contribution >= 4 is 17.9 Å². The predicted octanol–water partition coefficient (Wildman–Crippen LogP) is 18.5. The number of carbonyl (C=O) groups is 3. The zero-order valence-electron chi connectivity index (χ0n) is 43.6. The van der Waals surface area contributed by atoms with Gasteiger partial charge in [0, 0.05) is 19.3 Å². The summed E-state index contributed by atoms with van der Waals surface area (Å²) in [6.07, 6.45) is 72.5. The van der Waals surface area contributed by atoms with Crippen LogP contribution in [0.5, 0.6) is 0 Å². The zero-order chi connectivity index (χ0) is 48.6. The van der Waals surface area contributed by atoms with Crippen LogP contribution in [0.25, 0.3) is 0 Å². The summed E-state index contributed by atoms with van der Waals surface area (Å²) in [5, 5.41) is 0. The molecule has 0 rings (SSSR count). The molecule has 0 aliphatic heterocycles. The number of ether oxygens (including phenoxy) is 3. The predicted molar refractivity (Wildman–Crippen MR) is 288 cm³/mol.